The number of anilines is 1. The normalized spacial score (nSPS) is 10.6. The van der Waals surface area contributed by atoms with E-state index in [0.717, 1.165) is 22.4 Å². The standard InChI is InChI=1S/C23H19N3O3S/c1-28-20-9-5-8-18(14-20)22-25-26-23(29-22)30-15-21(27)24-19-12-10-17(11-13-19)16-6-3-2-4-7-16/h2-14H,15H2,1H3,(H,24,27). The summed E-state index contributed by atoms with van der Waals surface area (Å²) in [5, 5.41) is 11.2. The summed E-state index contributed by atoms with van der Waals surface area (Å²) in [6, 6.07) is 25.2. The molecular weight excluding hydrogens is 398 g/mol. The average molecular weight is 417 g/mol. The Bertz CT molecular complexity index is 1130. The molecule has 1 aromatic heterocycles. The molecular formula is C23H19N3O3S. The van der Waals surface area contributed by atoms with Crippen LogP contribution in [0.1, 0.15) is 0 Å². The number of aromatic nitrogens is 2. The maximum atomic E-state index is 12.3. The fraction of sp³-hybridized carbons (Fsp3) is 0.0870. The molecule has 6 nitrogen and oxygen atoms in total. The number of hydrogen-bond donors (Lipinski definition) is 1. The van der Waals surface area contributed by atoms with Crippen molar-refractivity contribution in [2.45, 2.75) is 5.22 Å². The maximum absolute atomic E-state index is 12.3. The molecule has 0 radical (unpaired) electrons. The van der Waals surface area contributed by atoms with Crippen molar-refractivity contribution in [2.24, 2.45) is 0 Å². The Morgan fingerprint density at radius 3 is 2.43 bits per heavy atom. The van der Waals surface area contributed by atoms with E-state index in [1.165, 1.54) is 11.8 Å². The molecule has 3 aromatic carbocycles. The largest absolute Gasteiger partial charge is 0.497 e. The first-order valence-electron chi connectivity index (χ1n) is 9.27. The van der Waals surface area contributed by atoms with Gasteiger partial charge in [-0.05, 0) is 41.5 Å². The van der Waals surface area contributed by atoms with Crippen LogP contribution in [0, 0.1) is 0 Å². The van der Waals surface area contributed by atoms with E-state index in [9.17, 15) is 4.79 Å². The SMILES string of the molecule is COc1cccc(-c2nnc(SCC(=O)Nc3ccc(-c4ccccc4)cc3)o2)c1. The quantitative estimate of drug-likeness (QED) is 0.420. The fourth-order valence-electron chi connectivity index (χ4n) is 2.84. The third kappa shape index (κ3) is 4.87. The Hall–Kier alpha value is -3.58. The number of hydrogen-bond acceptors (Lipinski definition) is 6. The van der Waals surface area contributed by atoms with Gasteiger partial charge in [-0.1, -0.05) is 60.3 Å². The molecule has 0 fully saturated rings. The highest BCUT2D eigenvalue weighted by Gasteiger charge is 2.12. The van der Waals surface area contributed by atoms with Crippen LogP contribution >= 0.6 is 11.8 Å². The van der Waals surface area contributed by atoms with E-state index >= 15 is 0 Å². The fourth-order valence-corrected chi connectivity index (χ4v) is 3.40. The van der Waals surface area contributed by atoms with Gasteiger partial charge < -0.3 is 14.5 Å². The van der Waals surface area contributed by atoms with Gasteiger partial charge >= 0.3 is 0 Å². The number of rotatable bonds is 7. The van der Waals surface area contributed by atoms with E-state index in [1.807, 2.05) is 66.7 Å². The van der Waals surface area contributed by atoms with Crippen LogP contribution in [-0.4, -0.2) is 29.0 Å². The van der Waals surface area contributed by atoms with Gasteiger partial charge in [-0.3, -0.25) is 4.79 Å². The molecule has 7 heteroatoms. The summed E-state index contributed by atoms with van der Waals surface area (Å²) >= 11 is 1.19. The third-order valence-corrected chi connectivity index (χ3v) is 5.14. The topological polar surface area (TPSA) is 77.2 Å². The molecule has 30 heavy (non-hydrogen) atoms. The number of amides is 1. The Morgan fingerprint density at radius 1 is 0.933 bits per heavy atom. The lowest BCUT2D eigenvalue weighted by atomic mass is 10.1. The number of carbonyl (C=O) groups is 1. The molecule has 1 N–H and O–H groups in total. The van der Waals surface area contributed by atoms with Gasteiger partial charge in [0.25, 0.3) is 5.22 Å². The Labute approximate surface area is 178 Å². The number of nitrogens with one attached hydrogen (secondary N) is 1. The van der Waals surface area contributed by atoms with Gasteiger partial charge in [0.05, 0.1) is 12.9 Å². The van der Waals surface area contributed by atoms with Gasteiger partial charge in [0.1, 0.15) is 5.75 Å². The molecule has 0 saturated heterocycles. The number of methoxy groups -OCH3 is 1. The second kappa shape index (κ2) is 9.28. The Balaban J connectivity index is 1.32. The van der Waals surface area contributed by atoms with E-state index in [0.29, 0.717) is 16.9 Å². The second-order valence-corrected chi connectivity index (χ2v) is 7.31. The summed E-state index contributed by atoms with van der Waals surface area (Å²) in [5.41, 5.74) is 3.73. The molecule has 0 aliphatic carbocycles. The van der Waals surface area contributed by atoms with Crippen LogP contribution in [-0.2, 0) is 4.79 Å². The van der Waals surface area contributed by atoms with Crippen LogP contribution in [0.25, 0.3) is 22.6 Å². The molecule has 4 aromatic rings. The summed E-state index contributed by atoms with van der Waals surface area (Å²) in [4.78, 5) is 12.3. The molecule has 4 rings (SSSR count). The summed E-state index contributed by atoms with van der Waals surface area (Å²) < 4.78 is 10.8. The molecule has 0 aliphatic heterocycles. The highest BCUT2D eigenvalue weighted by Crippen LogP contribution is 2.26. The predicted octanol–water partition coefficient (Wildman–Crippen LogP) is 5.14. The molecule has 0 bridgehead atoms. The minimum atomic E-state index is -0.145. The van der Waals surface area contributed by atoms with Crippen molar-refractivity contribution in [3.8, 4) is 28.3 Å². The van der Waals surface area contributed by atoms with Crippen LogP contribution in [0.4, 0.5) is 5.69 Å². The van der Waals surface area contributed by atoms with Gasteiger partial charge in [-0.15, -0.1) is 10.2 Å². The highest BCUT2D eigenvalue weighted by molar-refractivity contribution is 7.99. The molecule has 0 unspecified atom stereocenters. The van der Waals surface area contributed by atoms with Crippen LogP contribution in [0.2, 0.25) is 0 Å². The van der Waals surface area contributed by atoms with E-state index in [4.69, 9.17) is 9.15 Å². The van der Waals surface area contributed by atoms with Crippen molar-refractivity contribution < 1.29 is 13.9 Å². The number of carbonyl (C=O) groups excluding carboxylic acids is 1. The second-order valence-electron chi connectivity index (χ2n) is 6.39. The maximum Gasteiger partial charge on any atom is 0.277 e. The highest BCUT2D eigenvalue weighted by atomic mass is 32.2. The zero-order chi connectivity index (χ0) is 20.8. The molecule has 150 valence electrons. The summed E-state index contributed by atoms with van der Waals surface area (Å²) in [7, 11) is 1.60. The van der Waals surface area contributed by atoms with Crippen molar-refractivity contribution in [3.63, 3.8) is 0 Å². The lowest BCUT2D eigenvalue weighted by Crippen LogP contribution is -2.13. The van der Waals surface area contributed by atoms with Crippen molar-refractivity contribution in [2.75, 3.05) is 18.2 Å². The van der Waals surface area contributed by atoms with Gasteiger partial charge in [-0.25, -0.2) is 0 Å². The van der Waals surface area contributed by atoms with Crippen LogP contribution in [0.3, 0.4) is 0 Å². The number of nitrogens with zero attached hydrogens (tertiary/aromatic N) is 2. The first-order valence-corrected chi connectivity index (χ1v) is 10.3. The molecule has 1 heterocycles. The number of thioether (sulfide) groups is 1. The molecule has 0 atom stereocenters. The van der Waals surface area contributed by atoms with E-state index in [1.54, 1.807) is 7.11 Å². The Morgan fingerprint density at radius 2 is 1.67 bits per heavy atom. The first kappa shape index (κ1) is 19.7. The zero-order valence-corrected chi connectivity index (χ0v) is 17.1. The smallest absolute Gasteiger partial charge is 0.277 e. The lowest BCUT2D eigenvalue weighted by Gasteiger charge is -2.06. The van der Waals surface area contributed by atoms with Crippen molar-refractivity contribution >= 4 is 23.4 Å². The number of benzene rings is 3. The third-order valence-electron chi connectivity index (χ3n) is 4.33. The molecule has 0 aliphatic rings. The van der Waals surface area contributed by atoms with E-state index in [2.05, 4.69) is 27.6 Å². The van der Waals surface area contributed by atoms with Crippen LogP contribution < -0.4 is 10.1 Å². The van der Waals surface area contributed by atoms with E-state index in [-0.39, 0.29) is 11.7 Å². The van der Waals surface area contributed by atoms with E-state index < -0.39 is 0 Å². The molecule has 0 saturated carbocycles. The first-order chi connectivity index (χ1) is 14.7. The van der Waals surface area contributed by atoms with Crippen molar-refractivity contribution in [1.82, 2.24) is 10.2 Å². The van der Waals surface area contributed by atoms with Gasteiger partial charge in [0.2, 0.25) is 11.8 Å². The summed E-state index contributed by atoms with van der Waals surface area (Å²) in [5.74, 6) is 1.11. The minimum absolute atomic E-state index is 0.145. The lowest BCUT2D eigenvalue weighted by molar-refractivity contribution is -0.113. The van der Waals surface area contributed by atoms with Crippen LogP contribution in [0.5, 0.6) is 5.75 Å². The van der Waals surface area contributed by atoms with Crippen LogP contribution in [0.15, 0.2) is 88.5 Å². The Kier molecular flexibility index (Phi) is 6.10. The van der Waals surface area contributed by atoms with Gasteiger partial charge in [0, 0.05) is 11.3 Å². The van der Waals surface area contributed by atoms with Crippen molar-refractivity contribution in [1.29, 1.82) is 0 Å². The summed E-state index contributed by atoms with van der Waals surface area (Å²) in [6.45, 7) is 0. The minimum Gasteiger partial charge on any atom is -0.497 e. The zero-order valence-electron chi connectivity index (χ0n) is 16.2. The van der Waals surface area contributed by atoms with Crippen molar-refractivity contribution in [3.05, 3.63) is 78.9 Å². The average Bonchev–Trinajstić information content (AvgIpc) is 3.28. The monoisotopic (exact) mass is 417 g/mol. The predicted molar refractivity (Wildman–Crippen MR) is 118 cm³/mol. The molecule has 0 spiro atoms. The summed E-state index contributed by atoms with van der Waals surface area (Å²) in [6.07, 6.45) is 0. The molecule has 1 amide bonds. The van der Waals surface area contributed by atoms with Gasteiger partial charge in [-0.2, -0.15) is 0 Å². The number of ether oxygens (including phenoxy) is 1. The van der Waals surface area contributed by atoms with Gasteiger partial charge in [0.15, 0.2) is 0 Å².